The molecule has 102 valence electrons. The summed E-state index contributed by atoms with van der Waals surface area (Å²) in [7, 11) is 0. The second-order valence-corrected chi connectivity index (χ2v) is 4.35. The fourth-order valence-electron chi connectivity index (χ4n) is 1.85. The minimum atomic E-state index is 0. The zero-order valence-corrected chi connectivity index (χ0v) is 11.5. The van der Waals surface area contributed by atoms with Crippen molar-refractivity contribution in [3.8, 4) is 0 Å². The maximum atomic E-state index is 11.5. The Morgan fingerprint density at radius 3 is 2.71 bits per heavy atom. The lowest BCUT2D eigenvalue weighted by Gasteiger charge is -2.23. The average Bonchev–Trinajstić information content (AvgIpc) is 2.30. The van der Waals surface area contributed by atoms with Crippen molar-refractivity contribution >= 4 is 18.3 Å². The van der Waals surface area contributed by atoms with Gasteiger partial charge in [-0.15, -0.1) is 12.4 Å². The number of amides is 1. The molecule has 1 aliphatic rings. The van der Waals surface area contributed by atoms with Crippen molar-refractivity contribution in [2.24, 2.45) is 0 Å². The third-order valence-electron chi connectivity index (χ3n) is 2.83. The molecule has 0 unspecified atom stereocenters. The Morgan fingerprint density at radius 1 is 1.35 bits per heavy atom. The highest BCUT2D eigenvalue weighted by Gasteiger charge is 2.14. The van der Waals surface area contributed by atoms with E-state index < -0.39 is 0 Å². The number of carbonyl (C=O) groups is 1. The summed E-state index contributed by atoms with van der Waals surface area (Å²) < 4.78 is 5.31. The van der Waals surface area contributed by atoms with Crippen molar-refractivity contribution in [1.29, 1.82) is 0 Å². The molecule has 5 heteroatoms. The van der Waals surface area contributed by atoms with Crippen LogP contribution in [0.4, 0.5) is 0 Å². The van der Waals surface area contributed by atoms with Crippen LogP contribution in [-0.4, -0.2) is 38.3 Å². The van der Waals surface area contributed by atoms with Crippen LogP contribution in [0.3, 0.4) is 0 Å². The summed E-state index contributed by atoms with van der Waals surface area (Å²) in [5.74, 6) is 0.0309. The Balaban J connectivity index is 0.00000256. The first-order valence-corrected chi connectivity index (χ1v) is 6.40. The van der Waals surface area contributed by atoms with Gasteiger partial charge in [-0.3, -0.25) is 4.79 Å². The first-order valence-electron chi connectivity index (χ1n) is 6.40. The molecule has 0 bridgehead atoms. The molecule has 1 saturated heterocycles. The zero-order chi connectivity index (χ0) is 11.6. The standard InChI is InChI=1S/C12H24N2O2.ClH/c1-2-3-4-9-16-10-12(15)14-11-5-7-13-8-6-11;/h11,13H,2-10H2,1H3,(H,14,15);1H. The van der Waals surface area contributed by atoms with Crippen LogP contribution in [0.2, 0.25) is 0 Å². The van der Waals surface area contributed by atoms with Gasteiger partial charge < -0.3 is 15.4 Å². The van der Waals surface area contributed by atoms with E-state index in [-0.39, 0.29) is 24.9 Å². The summed E-state index contributed by atoms with van der Waals surface area (Å²) in [6.07, 6.45) is 5.47. The molecular formula is C12H25ClN2O2. The maximum absolute atomic E-state index is 11.5. The fourth-order valence-corrected chi connectivity index (χ4v) is 1.85. The summed E-state index contributed by atoms with van der Waals surface area (Å²) in [5, 5.41) is 6.28. The van der Waals surface area contributed by atoms with E-state index >= 15 is 0 Å². The largest absolute Gasteiger partial charge is 0.372 e. The lowest BCUT2D eigenvalue weighted by Crippen LogP contribution is -2.43. The Kier molecular flexibility index (Phi) is 10.6. The molecule has 1 amide bonds. The number of carbonyl (C=O) groups excluding carboxylic acids is 1. The smallest absolute Gasteiger partial charge is 0.246 e. The first-order chi connectivity index (χ1) is 7.83. The SMILES string of the molecule is CCCCCOCC(=O)NC1CCNCC1.Cl. The van der Waals surface area contributed by atoms with Gasteiger partial charge in [0.1, 0.15) is 6.61 Å². The van der Waals surface area contributed by atoms with Crippen LogP contribution in [0.25, 0.3) is 0 Å². The van der Waals surface area contributed by atoms with E-state index in [1.165, 1.54) is 12.8 Å². The van der Waals surface area contributed by atoms with Crippen LogP contribution in [0, 0.1) is 0 Å². The van der Waals surface area contributed by atoms with Crippen molar-refractivity contribution in [3.05, 3.63) is 0 Å². The molecule has 4 nitrogen and oxygen atoms in total. The summed E-state index contributed by atoms with van der Waals surface area (Å²) in [6.45, 7) is 5.08. The van der Waals surface area contributed by atoms with Gasteiger partial charge in [0.2, 0.25) is 5.91 Å². The molecule has 0 atom stereocenters. The van der Waals surface area contributed by atoms with Crippen molar-refractivity contribution in [3.63, 3.8) is 0 Å². The monoisotopic (exact) mass is 264 g/mol. The van der Waals surface area contributed by atoms with Crippen molar-refractivity contribution in [1.82, 2.24) is 10.6 Å². The molecule has 17 heavy (non-hydrogen) atoms. The van der Waals surface area contributed by atoms with Gasteiger partial charge in [0.25, 0.3) is 0 Å². The van der Waals surface area contributed by atoms with E-state index in [0.717, 1.165) is 32.4 Å². The van der Waals surface area contributed by atoms with Crippen molar-refractivity contribution < 1.29 is 9.53 Å². The van der Waals surface area contributed by atoms with Gasteiger partial charge in [-0.05, 0) is 32.4 Å². The Hall–Kier alpha value is -0.320. The minimum Gasteiger partial charge on any atom is -0.372 e. The van der Waals surface area contributed by atoms with Crippen LogP contribution in [0.1, 0.15) is 39.0 Å². The van der Waals surface area contributed by atoms with E-state index in [2.05, 4.69) is 17.6 Å². The lowest BCUT2D eigenvalue weighted by atomic mass is 10.1. The van der Waals surface area contributed by atoms with Gasteiger partial charge in [0, 0.05) is 12.6 Å². The van der Waals surface area contributed by atoms with E-state index in [1.807, 2.05) is 0 Å². The lowest BCUT2D eigenvalue weighted by molar-refractivity contribution is -0.126. The molecule has 0 radical (unpaired) electrons. The quantitative estimate of drug-likeness (QED) is 0.685. The van der Waals surface area contributed by atoms with Crippen LogP contribution in [-0.2, 0) is 9.53 Å². The van der Waals surface area contributed by atoms with Gasteiger partial charge in [-0.1, -0.05) is 19.8 Å². The summed E-state index contributed by atoms with van der Waals surface area (Å²) >= 11 is 0. The molecule has 2 N–H and O–H groups in total. The second-order valence-electron chi connectivity index (χ2n) is 4.35. The number of nitrogens with one attached hydrogen (secondary N) is 2. The molecule has 0 aromatic carbocycles. The molecular weight excluding hydrogens is 240 g/mol. The van der Waals surface area contributed by atoms with Gasteiger partial charge in [-0.2, -0.15) is 0 Å². The number of unbranched alkanes of at least 4 members (excludes halogenated alkanes) is 2. The summed E-state index contributed by atoms with van der Waals surface area (Å²) in [6, 6.07) is 0.341. The number of piperidine rings is 1. The zero-order valence-electron chi connectivity index (χ0n) is 10.7. The van der Waals surface area contributed by atoms with E-state index in [9.17, 15) is 4.79 Å². The molecule has 0 spiro atoms. The molecule has 0 saturated carbocycles. The minimum absolute atomic E-state index is 0. The van der Waals surface area contributed by atoms with E-state index in [0.29, 0.717) is 12.6 Å². The van der Waals surface area contributed by atoms with Gasteiger partial charge in [-0.25, -0.2) is 0 Å². The first kappa shape index (κ1) is 16.7. The molecule has 1 fully saturated rings. The Bertz CT molecular complexity index is 197. The predicted octanol–water partition coefficient (Wildman–Crippen LogP) is 1.48. The van der Waals surface area contributed by atoms with Crippen LogP contribution in [0.15, 0.2) is 0 Å². The van der Waals surface area contributed by atoms with Crippen LogP contribution < -0.4 is 10.6 Å². The van der Waals surface area contributed by atoms with E-state index in [1.54, 1.807) is 0 Å². The number of hydrogen-bond donors (Lipinski definition) is 2. The number of rotatable bonds is 7. The topological polar surface area (TPSA) is 50.4 Å². The van der Waals surface area contributed by atoms with Crippen LogP contribution >= 0.6 is 12.4 Å². The molecule has 0 aliphatic carbocycles. The molecule has 1 heterocycles. The Morgan fingerprint density at radius 2 is 2.06 bits per heavy atom. The van der Waals surface area contributed by atoms with Gasteiger partial charge >= 0.3 is 0 Å². The van der Waals surface area contributed by atoms with E-state index in [4.69, 9.17) is 4.74 Å². The third-order valence-corrected chi connectivity index (χ3v) is 2.83. The van der Waals surface area contributed by atoms with Crippen molar-refractivity contribution in [2.45, 2.75) is 45.1 Å². The fraction of sp³-hybridized carbons (Fsp3) is 0.917. The Labute approximate surface area is 110 Å². The second kappa shape index (κ2) is 10.8. The van der Waals surface area contributed by atoms with Crippen LogP contribution in [0.5, 0.6) is 0 Å². The average molecular weight is 265 g/mol. The normalized spacial score (nSPS) is 16.3. The summed E-state index contributed by atoms with van der Waals surface area (Å²) in [5.41, 5.74) is 0. The highest BCUT2D eigenvalue weighted by molar-refractivity contribution is 5.85. The highest BCUT2D eigenvalue weighted by atomic mass is 35.5. The number of halogens is 1. The molecule has 0 aromatic rings. The highest BCUT2D eigenvalue weighted by Crippen LogP contribution is 2.01. The summed E-state index contributed by atoms with van der Waals surface area (Å²) in [4.78, 5) is 11.5. The predicted molar refractivity (Wildman–Crippen MR) is 71.6 cm³/mol. The maximum Gasteiger partial charge on any atom is 0.246 e. The number of ether oxygens (including phenoxy) is 1. The molecule has 0 aromatic heterocycles. The van der Waals surface area contributed by atoms with Gasteiger partial charge in [0.15, 0.2) is 0 Å². The molecule has 1 aliphatic heterocycles. The number of hydrogen-bond acceptors (Lipinski definition) is 3. The molecule has 1 rings (SSSR count). The van der Waals surface area contributed by atoms with Gasteiger partial charge in [0.05, 0.1) is 0 Å². The third kappa shape index (κ3) is 8.41. The van der Waals surface area contributed by atoms with Crippen molar-refractivity contribution in [2.75, 3.05) is 26.3 Å².